The molecule has 0 saturated carbocycles. The van der Waals surface area contributed by atoms with Crippen molar-refractivity contribution >= 4 is 29.7 Å². The van der Waals surface area contributed by atoms with E-state index in [2.05, 4.69) is 22.6 Å². The molecule has 5 N–H and O–H groups in total. The second kappa shape index (κ2) is 15.1. The Hall–Kier alpha value is -4.05. The smallest absolute Gasteiger partial charge is 0.328 e. The molecule has 10 heteroatoms. The zero-order valence-electron chi connectivity index (χ0n) is 22.0. The van der Waals surface area contributed by atoms with Gasteiger partial charge in [-0.05, 0) is 61.8 Å². The highest BCUT2D eigenvalue weighted by Gasteiger charge is 2.16. The Kier molecular flexibility index (Phi) is 11.9. The number of carbonyl (C=O) groups is 2. The predicted octanol–water partition coefficient (Wildman–Crippen LogP) is 2.83. The lowest BCUT2D eigenvalue weighted by atomic mass is 10.1. The number of nitrogens with one attached hydrogen (secondary N) is 3. The SMILES string of the molecule is CNC(=O)N(C(=N)N)c1ccc(/C=C/CC(=O)NCCCN(C)CCc2cc(OC)cc(OC)c2)cc1. The fraction of sp³-hybridized carbons (Fsp3) is 0.370. The summed E-state index contributed by atoms with van der Waals surface area (Å²) in [6.45, 7) is 2.37. The number of methoxy groups -OCH3 is 2. The van der Waals surface area contributed by atoms with E-state index in [0.29, 0.717) is 12.2 Å². The first-order chi connectivity index (χ1) is 17.8. The van der Waals surface area contributed by atoms with Gasteiger partial charge in [-0.1, -0.05) is 24.3 Å². The molecule has 200 valence electrons. The van der Waals surface area contributed by atoms with E-state index >= 15 is 0 Å². The van der Waals surface area contributed by atoms with E-state index in [1.165, 1.54) is 7.05 Å². The van der Waals surface area contributed by atoms with E-state index in [9.17, 15) is 9.59 Å². The van der Waals surface area contributed by atoms with Crippen LogP contribution in [0.15, 0.2) is 48.5 Å². The van der Waals surface area contributed by atoms with Crippen molar-refractivity contribution in [2.45, 2.75) is 19.3 Å². The second-order valence-corrected chi connectivity index (χ2v) is 8.45. The lowest BCUT2D eigenvalue weighted by Crippen LogP contribution is -2.46. The standard InChI is InChI=1S/C27H38N6O4/c1-30-27(35)33(26(28)29)22-11-9-20(10-12-22)7-5-8-25(34)31-14-6-15-32(2)16-13-21-17-23(36-3)19-24(18-21)37-4/h5,7,9-12,17-19H,6,8,13-16H2,1-4H3,(H3,28,29)(H,30,35)(H,31,34)/b7-5+. The molecule has 0 saturated heterocycles. The van der Waals surface area contributed by atoms with Gasteiger partial charge in [0.2, 0.25) is 11.9 Å². The van der Waals surface area contributed by atoms with Crippen molar-refractivity contribution in [2.24, 2.45) is 5.73 Å². The van der Waals surface area contributed by atoms with Gasteiger partial charge in [0, 0.05) is 32.6 Å². The molecule has 2 aromatic carbocycles. The quantitative estimate of drug-likeness (QED) is 0.186. The van der Waals surface area contributed by atoms with Gasteiger partial charge in [0.25, 0.3) is 0 Å². The first-order valence-electron chi connectivity index (χ1n) is 12.1. The molecule has 0 aliphatic carbocycles. The highest BCUT2D eigenvalue weighted by Crippen LogP contribution is 2.23. The number of rotatable bonds is 13. The summed E-state index contributed by atoms with van der Waals surface area (Å²) < 4.78 is 10.7. The Bertz CT molecular complexity index is 1050. The van der Waals surface area contributed by atoms with Crippen LogP contribution in [-0.4, -0.2) is 70.7 Å². The average Bonchev–Trinajstić information content (AvgIpc) is 2.90. The highest BCUT2D eigenvalue weighted by molar-refractivity contribution is 6.13. The topological polar surface area (TPSA) is 133 Å². The number of carbonyl (C=O) groups excluding carboxylic acids is 2. The van der Waals surface area contributed by atoms with Crippen LogP contribution in [0.3, 0.4) is 0 Å². The van der Waals surface area contributed by atoms with Crippen molar-refractivity contribution < 1.29 is 19.1 Å². The summed E-state index contributed by atoms with van der Waals surface area (Å²) in [5.41, 5.74) is 8.00. The normalized spacial score (nSPS) is 10.8. The van der Waals surface area contributed by atoms with Crippen LogP contribution in [0.1, 0.15) is 24.0 Å². The molecule has 2 rings (SSSR count). The van der Waals surface area contributed by atoms with E-state index in [1.807, 2.05) is 24.3 Å². The Morgan fingerprint density at radius 1 is 1.05 bits per heavy atom. The Balaban J connectivity index is 1.69. The van der Waals surface area contributed by atoms with Crippen LogP contribution in [0.4, 0.5) is 10.5 Å². The minimum atomic E-state index is -0.490. The van der Waals surface area contributed by atoms with Gasteiger partial charge >= 0.3 is 6.03 Å². The third-order valence-corrected chi connectivity index (χ3v) is 5.65. The average molecular weight is 511 g/mol. The molecule has 0 aliphatic heterocycles. The van der Waals surface area contributed by atoms with Crippen molar-refractivity contribution in [3.05, 3.63) is 59.7 Å². The van der Waals surface area contributed by atoms with Gasteiger partial charge in [0.15, 0.2) is 0 Å². The fourth-order valence-electron chi connectivity index (χ4n) is 3.61. The molecule has 2 aromatic rings. The summed E-state index contributed by atoms with van der Waals surface area (Å²) in [7, 11) is 6.83. The lowest BCUT2D eigenvalue weighted by Gasteiger charge is -2.20. The fourth-order valence-corrected chi connectivity index (χ4v) is 3.61. The molecule has 0 spiro atoms. The minimum absolute atomic E-state index is 0.0404. The third-order valence-electron chi connectivity index (χ3n) is 5.65. The molecule has 0 heterocycles. The number of nitrogens with zero attached hydrogens (tertiary/aromatic N) is 2. The molecule has 0 aliphatic rings. The number of amides is 3. The zero-order valence-corrected chi connectivity index (χ0v) is 22.0. The first-order valence-corrected chi connectivity index (χ1v) is 12.1. The summed E-state index contributed by atoms with van der Waals surface area (Å²) in [5.74, 6) is 1.15. The van der Waals surface area contributed by atoms with E-state index in [4.69, 9.17) is 20.6 Å². The van der Waals surface area contributed by atoms with Gasteiger partial charge in [-0.25, -0.2) is 9.69 Å². The molecule has 0 bridgehead atoms. The molecule has 0 radical (unpaired) electrons. The van der Waals surface area contributed by atoms with E-state index < -0.39 is 6.03 Å². The van der Waals surface area contributed by atoms with Gasteiger partial charge in [0.1, 0.15) is 11.5 Å². The maximum Gasteiger partial charge on any atom is 0.328 e. The van der Waals surface area contributed by atoms with Crippen LogP contribution >= 0.6 is 0 Å². The molecule has 0 unspecified atom stereocenters. The van der Waals surface area contributed by atoms with Crippen molar-refractivity contribution in [3.8, 4) is 11.5 Å². The number of likely N-dealkylation sites (N-methyl/N-ethyl adjacent to an activating group) is 1. The summed E-state index contributed by atoms with van der Waals surface area (Å²) in [6.07, 6.45) is 5.63. The number of hydrogen-bond donors (Lipinski definition) is 4. The Labute approximate surface area is 218 Å². The second-order valence-electron chi connectivity index (χ2n) is 8.45. The monoisotopic (exact) mass is 510 g/mol. The number of urea groups is 1. The van der Waals surface area contributed by atoms with Gasteiger partial charge in [-0.3, -0.25) is 10.2 Å². The van der Waals surface area contributed by atoms with Gasteiger partial charge in [-0.15, -0.1) is 0 Å². The first kappa shape index (κ1) is 29.2. The Morgan fingerprint density at radius 3 is 2.27 bits per heavy atom. The lowest BCUT2D eigenvalue weighted by molar-refractivity contribution is -0.120. The van der Waals surface area contributed by atoms with Gasteiger partial charge in [-0.2, -0.15) is 0 Å². The Morgan fingerprint density at radius 2 is 1.70 bits per heavy atom. The van der Waals surface area contributed by atoms with Gasteiger partial charge < -0.3 is 30.7 Å². The number of guanidine groups is 1. The summed E-state index contributed by atoms with van der Waals surface area (Å²) in [4.78, 5) is 27.3. The number of benzene rings is 2. The minimum Gasteiger partial charge on any atom is -0.497 e. The summed E-state index contributed by atoms with van der Waals surface area (Å²) in [6, 6.07) is 12.4. The zero-order chi connectivity index (χ0) is 27.2. The summed E-state index contributed by atoms with van der Waals surface area (Å²) in [5, 5.41) is 13.0. The van der Waals surface area contributed by atoms with E-state index in [1.54, 1.807) is 44.6 Å². The largest absolute Gasteiger partial charge is 0.497 e. The molecule has 0 fully saturated rings. The van der Waals surface area contributed by atoms with Crippen LogP contribution in [-0.2, 0) is 11.2 Å². The number of anilines is 1. The molecular formula is C27H38N6O4. The number of nitrogens with two attached hydrogens (primary N) is 1. The number of ether oxygens (including phenoxy) is 2. The molecular weight excluding hydrogens is 472 g/mol. The van der Waals surface area contributed by atoms with Gasteiger partial charge in [0.05, 0.1) is 19.9 Å². The molecule has 10 nitrogen and oxygen atoms in total. The van der Waals surface area contributed by atoms with Crippen molar-refractivity contribution in [3.63, 3.8) is 0 Å². The van der Waals surface area contributed by atoms with Crippen LogP contribution in [0, 0.1) is 5.41 Å². The van der Waals surface area contributed by atoms with Crippen LogP contribution in [0.2, 0.25) is 0 Å². The molecule has 0 aromatic heterocycles. The van der Waals surface area contributed by atoms with Crippen molar-refractivity contribution in [2.75, 3.05) is 52.8 Å². The third kappa shape index (κ3) is 9.85. The van der Waals surface area contributed by atoms with Crippen molar-refractivity contribution in [1.82, 2.24) is 15.5 Å². The number of hydrogen-bond acceptors (Lipinski definition) is 6. The molecule has 37 heavy (non-hydrogen) atoms. The maximum absolute atomic E-state index is 12.1. The summed E-state index contributed by atoms with van der Waals surface area (Å²) >= 11 is 0. The molecule has 0 atom stereocenters. The van der Waals surface area contributed by atoms with Crippen LogP contribution in [0.5, 0.6) is 11.5 Å². The highest BCUT2D eigenvalue weighted by atomic mass is 16.5. The van der Waals surface area contributed by atoms with Crippen molar-refractivity contribution in [1.29, 1.82) is 5.41 Å². The van der Waals surface area contributed by atoms with E-state index in [-0.39, 0.29) is 18.3 Å². The van der Waals surface area contributed by atoms with E-state index in [0.717, 1.165) is 53.5 Å². The predicted molar refractivity (Wildman–Crippen MR) is 147 cm³/mol. The van der Waals surface area contributed by atoms with Crippen LogP contribution in [0.25, 0.3) is 6.08 Å². The molecule has 3 amide bonds. The maximum atomic E-state index is 12.1. The van der Waals surface area contributed by atoms with Crippen LogP contribution < -0.4 is 30.7 Å².